The summed E-state index contributed by atoms with van der Waals surface area (Å²) in [5.74, 6) is 4.00. The Morgan fingerprint density at radius 1 is 1.08 bits per heavy atom. The van der Waals surface area contributed by atoms with Crippen LogP contribution in [0.2, 0.25) is 0 Å². The van der Waals surface area contributed by atoms with E-state index < -0.39 is 0 Å². The lowest BCUT2D eigenvalue weighted by atomic mass is 10.1. The Morgan fingerprint density at radius 2 is 1.67 bits per heavy atom. The minimum atomic E-state index is 0.806. The zero-order valence-corrected chi connectivity index (χ0v) is 10.1. The van der Waals surface area contributed by atoms with Crippen molar-refractivity contribution >= 4 is 8.58 Å². The second kappa shape index (κ2) is 6.66. The van der Waals surface area contributed by atoms with Crippen LogP contribution in [-0.2, 0) is 0 Å². The van der Waals surface area contributed by atoms with E-state index in [1.807, 2.05) is 0 Å². The van der Waals surface area contributed by atoms with Gasteiger partial charge in [0.05, 0.1) is 0 Å². The van der Waals surface area contributed by atoms with Gasteiger partial charge < -0.3 is 0 Å². The average molecular weight is 186 g/mol. The summed E-state index contributed by atoms with van der Waals surface area (Å²) in [4.78, 5) is 0. The zero-order chi connectivity index (χ0) is 9.56. The third-order valence-electron chi connectivity index (χ3n) is 2.08. The summed E-state index contributed by atoms with van der Waals surface area (Å²) >= 11 is 0. The molecule has 0 aliphatic carbocycles. The molecule has 0 aliphatic rings. The lowest BCUT2D eigenvalue weighted by molar-refractivity contribution is 0.639. The predicted octanol–water partition coefficient (Wildman–Crippen LogP) is 4.27. The van der Waals surface area contributed by atoms with Crippen LogP contribution in [0.25, 0.3) is 0 Å². The summed E-state index contributed by atoms with van der Waals surface area (Å²) in [5, 5.41) is 0. The van der Waals surface area contributed by atoms with Crippen LogP contribution in [0, 0.1) is 11.8 Å². The SMILES string of the molecule is CC(C)C/C=C\PC(C)C(C)C. The predicted molar refractivity (Wildman–Crippen MR) is 61.2 cm³/mol. The summed E-state index contributed by atoms with van der Waals surface area (Å²) in [6, 6.07) is 0. The molecule has 2 unspecified atom stereocenters. The molecule has 0 radical (unpaired) electrons. The van der Waals surface area contributed by atoms with E-state index in [1.165, 1.54) is 6.42 Å². The highest BCUT2D eigenvalue weighted by molar-refractivity contribution is 7.42. The van der Waals surface area contributed by atoms with Crippen molar-refractivity contribution in [3.8, 4) is 0 Å². The Kier molecular flexibility index (Phi) is 6.76. The number of hydrogen-bond acceptors (Lipinski definition) is 0. The van der Waals surface area contributed by atoms with Gasteiger partial charge in [0.25, 0.3) is 0 Å². The van der Waals surface area contributed by atoms with Crippen LogP contribution in [0.4, 0.5) is 0 Å². The van der Waals surface area contributed by atoms with E-state index in [2.05, 4.69) is 46.5 Å². The first kappa shape index (κ1) is 12.2. The number of allylic oxidation sites excluding steroid dienone is 1. The van der Waals surface area contributed by atoms with Crippen molar-refractivity contribution in [1.29, 1.82) is 0 Å². The van der Waals surface area contributed by atoms with Crippen molar-refractivity contribution in [2.75, 3.05) is 0 Å². The fourth-order valence-corrected chi connectivity index (χ4v) is 1.71. The minimum Gasteiger partial charge on any atom is -0.0956 e. The molecule has 0 aromatic heterocycles. The number of rotatable bonds is 5. The third kappa shape index (κ3) is 6.85. The molecule has 12 heavy (non-hydrogen) atoms. The van der Waals surface area contributed by atoms with Crippen LogP contribution in [0.3, 0.4) is 0 Å². The van der Waals surface area contributed by atoms with Crippen LogP contribution in [0.15, 0.2) is 11.9 Å². The van der Waals surface area contributed by atoms with Crippen LogP contribution < -0.4 is 0 Å². The molecule has 0 bridgehead atoms. The molecule has 0 nitrogen and oxygen atoms in total. The third-order valence-corrected chi connectivity index (χ3v) is 3.71. The van der Waals surface area contributed by atoms with Crippen molar-refractivity contribution in [3.63, 3.8) is 0 Å². The summed E-state index contributed by atoms with van der Waals surface area (Å²) in [7, 11) is 1.01. The van der Waals surface area contributed by atoms with Crippen LogP contribution in [-0.4, -0.2) is 5.66 Å². The molecule has 72 valence electrons. The second-order valence-electron chi connectivity index (χ2n) is 4.23. The van der Waals surface area contributed by atoms with Gasteiger partial charge in [0, 0.05) is 0 Å². The van der Waals surface area contributed by atoms with Crippen LogP contribution in [0.5, 0.6) is 0 Å². The molecule has 0 spiro atoms. The van der Waals surface area contributed by atoms with Gasteiger partial charge in [-0.3, -0.25) is 0 Å². The van der Waals surface area contributed by atoms with Gasteiger partial charge in [-0.2, -0.15) is 0 Å². The molecule has 0 fully saturated rings. The maximum absolute atomic E-state index is 2.37. The molecular weight excluding hydrogens is 163 g/mol. The van der Waals surface area contributed by atoms with Gasteiger partial charge in [-0.15, -0.1) is 0 Å². The first-order valence-electron chi connectivity index (χ1n) is 4.95. The van der Waals surface area contributed by atoms with Crippen LogP contribution >= 0.6 is 8.58 Å². The Balaban J connectivity index is 3.46. The van der Waals surface area contributed by atoms with Gasteiger partial charge in [-0.25, -0.2) is 0 Å². The zero-order valence-electron chi connectivity index (χ0n) is 9.09. The molecule has 0 aromatic carbocycles. The van der Waals surface area contributed by atoms with Gasteiger partial charge in [0.1, 0.15) is 0 Å². The maximum atomic E-state index is 2.37. The number of hydrogen-bond donors (Lipinski definition) is 0. The summed E-state index contributed by atoms with van der Waals surface area (Å²) in [6.07, 6.45) is 3.57. The molecule has 0 aromatic rings. The van der Waals surface area contributed by atoms with Crippen molar-refractivity contribution in [3.05, 3.63) is 11.9 Å². The van der Waals surface area contributed by atoms with Crippen molar-refractivity contribution in [2.45, 2.75) is 46.7 Å². The van der Waals surface area contributed by atoms with Gasteiger partial charge in [-0.05, 0) is 23.9 Å². The molecule has 0 amide bonds. The van der Waals surface area contributed by atoms with Crippen molar-refractivity contribution in [2.24, 2.45) is 11.8 Å². The van der Waals surface area contributed by atoms with E-state index in [0.717, 1.165) is 26.1 Å². The monoisotopic (exact) mass is 186 g/mol. The topological polar surface area (TPSA) is 0 Å². The van der Waals surface area contributed by atoms with Gasteiger partial charge in [0.15, 0.2) is 0 Å². The molecule has 2 atom stereocenters. The lowest BCUT2D eigenvalue weighted by Crippen LogP contribution is -2.01. The Bertz CT molecular complexity index is 125. The lowest BCUT2D eigenvalue weighted by Gasteiger charge is -2.12. The van der Waals surface area contributed by atoms with Gasteiger partial charge >= 0.3 is 0 Å². The molecule has 0 N–H and O–H groups in total. The Morgan fingerprint density at radius 3 is 2.08 bits per heavy atom. The van der Waals surface area contributed by atoms with E-state index >= 15 is 0 Å². The molecule has 0 aliphatic heterocycles. The summed E-state index contributed by atoms with van der Waals surface area (Å²) in [5.41, 5.74) is 0.855. The van der Waals surface area contributed by atoms with E-state index in [0.29, 0.717) is 0 Å². The highest BCUT2D eigenvalue weighted by Crippen LogP contribution is 2.26. The van der Waals surface area contributed by atoms with Crippen LogP contribution in [0.1, 0.15) is 41.0 Å². The summed E-state index contributed by atoms with van der Waals surface area (Å²) < 4.78 is 0. The van der Waals surface area contributed by atoms with Crippen molar-refractivity contribution < 1.29 is 0 Å². The quantitative estimate of drug-likeness (QED) is 0.562. The Hall–Kier alpha value is 0.170. The molecule has 0 heterocycles. The van der Waals surface area contributed by atoms with E-state index in [4.69, 9.17) is 0 Å². The first-order valence-corrected chi connectivity index (χ1v) is 6.10. The molecule has 1 heteroatoms. The van der Waals surface area contributed by atoms with Gasteiger partial charge in [-0.1, -0.05) is 55.1 Å². The van der Waals surface area contributed by atoms with Gasteiger partial charge in [0.2, 0.25) is 0 Å². The average Bonchev–Trinajstić information content (AvgIpc) is 1.97. The van der Waals surface area contributed by atoms with E-state index in [1.54, 1.807) is 0 Å². The fraction of sp³-hybridized carbons (Fsp3) is 0.818. The molecule has 0 rings (SSSR count). The molecule has 0 saturated heterocycles. The molecule has 0 saturated carbocycles. The largest absolute Gasteiger partial charge is 0.0956 e. The standard InChI is InChI=1S/C11H23P/c1-9(2)7-6-8-12-11(5)10(3)4/h6,8-12H,7H2,1-5H3/b8-6-. The first-order chi connectivity index (χ1) is 5.54. The van der Waals surface area contributed by atoms with Crippen molar-refractivity contribution in [1.82, 2.24) is 0 Å². The maximum Gasteiger partial charge on any atom is -0.0207 e. The second-order valence-corrected chi connectivity index (χ2v) is 5.81. The normalized spacial score (nSPS) is 15.9. The smallest absolute Gasteiger partial charge is 0.0207 e. The Labute approximate surface area is 79.6 Å². The highest BCUT2D eigenvalue weighted by Gasteiger charge is 2.03. The molecular formula is C11H23P. The fourth-order valence-electron chi connectivity index (χ4n) is 0.752. The summed E-state index contributed by atoms with van der Waals surface area (Å²) in [6.45, 7) is 11.5. The highest BCUT2D eigenvalue weighted by atomic mass is 31.1. The van der Waals surface area contributed by atoms with E-state index in [-0.39, 0.29) is 0 Å². The van der Waals surface area contributed by atoms with E-state index in [9.17, 15) is 0 Å². The minimum absolute atomic E-state index is 0.806.